The summed E-state index contributed by atoms with van der Waals surface area (Å²) in [5.74, 6) is -1.52. The highest BCUT2D eigenvalue weighted by Crippen LogP contribution is 2.14. The summed E-state index contributed by atoms with van der Waals surface area (Å²) in [7, 11) is 2.91. The van der Waals surface area contributed by atoms with Crippen LogP contribution in [-0.2, 0) is 16.6 Å². The maximum absolute atomic E-state index is 12.0. The SMILES string of the molecule is CN1C(=O)/C(=C/C=C/c2c(O)n(C)c(=S)[nH]c2=O)C(=O)NC1=S. The minimum absolute atomic E-state index is 0.0169. The lowest BCUT2D eigenvalue weighted by Gasteiger charge is -2.24. The normalized spacial score (nSPS) is 17.2. The Kier molecular flexibility index (Phi) is 4.57. The molecule has 0 aliphatic carbocycles. The number of rotatable bonds is 2. The van der Waals surface area contributed by atoms with Crippen LogP contribution in [0, 0.1) is 4.77 Å². The van der Waals surface area contributed by atoms with Crippen LogP contribution in [0.5, 0.6) is 5.88 Å². The van der Waals surface area contributed by atoms with Crippen molar-refractivity contribution in [1.29, 1.82) is 0 Å². The standard InChI is InChI=1S/C13H12N4O4S2/c1-16-10(20)6(8(18)14-12(16)22)4-3-5-7-9(19)15-13(23)17(2)11(7)21/h3-5,20H,1-2H3,(H,14,18,22)(H,15,19,23)/b4-3+,7-5+. The number of thiocarbonyl (C=S) groups is 1. The van der Waals surface area contributed by atoms with Gasteiger partial charge in [0.05, 0.1) is 5.56 Å². The van der Waals surface area contributed by atoms with E-state index in [1.54, 1.807) is 0 Å². The summed E-state index contributed by atoms with van der Waals surface area (Å²) in [5.41, 5.74) is -0.777. The Morgan fingerprint density at radius 1 is 1.17 bits per heavy atom. The fourth-order valence-electron chi connectivity index (χ4n) is 1.78. The lowest BCUT2D eigenvalue weighted by atomic mass is 10.1. The van der Waals surface area contributed by atoms with Crippen LogP contribution in [0.3, 0.4) is 0 Å². The van der Waals surface area contributed by atoms with Crippen molar-refractivity contribution in [3.8, 4) is 5.88 Å². The number of hydrogen-bond donors (Lipinski definition) is 3. The zero-order valence-corrected chi connectivity index (χ0v) is 13.7. The Morgan fingerprint density at radius 2 is 1.83 bits per heavy atom. The molecule has 23 heavy (non-hydrogen) atoms. The molecule has 0 aromatic carbocycles. The van der Waals surface area contributed by atoms with Crippen molar-refractivity contribution in [3.63, 3.8) is 0 Å². The molecular formula is C13H12N4O4S2. The molecule has 1 aromatic rings. The van der Waals surface area contributed by atoms with Crippen LogP contribution in [0.25, 0.3) is 6.08 Å². The number of aromatic hydroxyl groups is 1. The van der Waals surface area contributed by atoms with Gasteiger partial charge in [0.25, 0.3) is 17.4 Å². The van der Waals surface area contributed by atoms with E-state index >= 15 is 0 Å². The number of likely N-dealkylation sites (N-methyl/N-ethyl adjacent to an activating group) is 1. The molecule has 2 amide bonds. The number of aromatic nitrogens is 2. The van der Waals surface area contributed by atoms with Gasteiger partial charge >= 0.3 is 0 Å². The second-order valence-corrected chi connectivity index (χ2v) is 5.39. The smallest absolute Gasteiger partial charge is 0.265 e. The van der Waals surface area contributed by atoms with Crippen molar-refractivity contribution in [2.75, 3.05) is 7.05 Å². The number of H-pyrrole nitrogens is 1. The molecule has 0 radical (unpaired) electrons. The van der Waals surface area contributed by atoms with Gasteiger partial charge < -0.3 is 5.11 Å². The van der Waals surface area contributed by atoms with Crippen LogP contribution in [-0.4, -0.2) is 43.5 Å². The molecule has 1 saturated heterocycles. The van der Waals surface area contributed by atoms with Crippen molar-refractivity contribution in [3.05, 3.63) is 38.4 Å². The van der Waals surface area contributed by atoms with Crippen molar-refractivity contribution in [2.24, 2.45) is 7.05 Å². The molecule has 2 heterocycles. The van der Waals surface area contributed by atoms with Crippen LogP contribution in [0.1, 0.15) is 5.56 Å². The number of hydrogen-bond acceptors (Lipinski definition) is 6. The number of nitrogens with one attached hydrogen (secondary N) is 2. The van der Waals surface area contributed by atoms with E-state index in [-0.39, 0.29) is 26.9 Å². The first-order chi connectivity index (χ1) is 10.7. The largest absolute Gasteiger partial charge is 0.494 e. The zero-order chi connectivity index (χ0) is 17.3. The Morgan fingerprint density at radius 3 is 2.48 bits per heavy atom. The van der Waals surface area contributed by atoms with E-state index in [0.717, 1.165) is 4.90 Å². The Labute approximate surface area is 140 Å². The highest BCUT2D eigenvalue weighted by Gasteiger charge is 2.30. The summed E-state index contributed by atoms with van der Waals surface area (Å²) in [4.78, 5) is 39.0. The summed E-state index contributed by atoms with van der Waals surface area (Å²) in [6.45, 7) is 0. The second kappa shape index (κ2) is 6.26. The van der Waals surface area contributed by atoms with Gasteiger partial charge in [-0.2, -0.15) is 0 Å². The van der Waals surface area contributed by atoms with Gasteiger partial charge in [0, 0.05) is 14.1 Å². The first-order valence-corrected chi connectivity index (χ1v) is 7.09. The fraction of sp³-hybridized carbons (Fsp3) is 0.154. The molecule has 0 spiro atoms. The number of carbonyl (C=O) groups excluding carboxylic acids is 2. The maximum Gasteiger partial charge on any atom is 0.265 e. The van der Waals surface area contributed by atoms with Crippen molar-refractivity contribution in [1.82, 2.24) is 19.8 Å². The molecule has 120 valence electrons. The van der Waals surface area contributed by atoms with E-state index in [2.05, 4.69) is 10.3 Å². The fourth-order valence-corrected chi connectivity index (χ4v) is 2.14. The summed E-state index contributed by atoms with van der Waals surface area (Å²) in [5, 5.41) is 12.3. The van der Waals surface area contributed by atoms with Gasteiger partial charge in [0.15, 0.2) is 9.88 Å². The van der Waals surface area contributed by atoms with E-state index < -0.39 is 17.4 Å². The molecule has 8 nitrogen and oxygen atoms in total. The number of carbonyl (C=O) groups is 2. The minimum Gasteiger partial charge on any atom is -0.494 e. The average Bonchev–Trinajstić information content (AvgIpc) is 2.49. The van der Waals surface area contributed by atoms with Crippen LogP contribution >= 0.6 is 24.4 Å². The van der Waals surface area contributed by atoms with E-state index in [4.69, 9.17) is 24.4 Å². The molecular weight excluding hydrogens is 340 g/mol. The van der Waals surface area contributed by atoms with Crippen molar-refractivity contribution in [2.45, 2.75) is 0 Å². The molecule has 1 aliphatic heterocycles. The van der Waals surface area contributed by atoms with Gasteiger partial charge in [-0.15, -0.1) is 0 Å². The second-order valence-electron chi connectivity index (χ2n) is 4.62. The molecule has 1 aliphatic rings. The number of allylic oxidation sites excluding steroid dienone is 2. The number of aromatic amines is 1. The van der Waals surface area contributed by atoms with Crippen LogP contribution in [0.2, 0.25) is 0 Å². The summed E-state index contributed by atoms with van der Waals surface area (Å²) < 4.78 is 1.29. The highest BCUT2D eigenvalue weighted by molar-refractivity contribution is 7.80. The zero-order valence-electron chi connectivity index (χ0n) is 12.1. The Hall–Kier alpha value is -2.59. The number of nitrogens with zero attached hydrogens (tertiary/aromatic N) is 2. The van der Waals surface area contributed by atoms with Crippen LogP contribution in [0.4, 0.5) is 0 Å². The monoisotopic (exact) mass is 352 g/mol. The molecule has 0 unspecified atom stereocenters. The first kappa shape index (κ1) is 16.8. The quantitative estimate of drug-likeness (QED) is 0.392. The molecule has 1 aromatic heterocycles. The van der Waals surface area contributed by atoms with Gasteiger partial charge in [-0.05, 0) is 36.6 Å². The maximum atomic E-state index is 12.0. The molecule has 0 atom stereocenters. The third-order valence-electron chi connectivity index (χ3n) is 3.16. The highest BCUT2D eigenvalue weighted by atomic mass is 32.1. The lowest BCUT2D eigenvalue weighted by Crippen LogP contribution is -2.52. The molecule has 0 saturated carbocycles. The topological polar surface area (TPSA) is 107 Å². The van der Waals surface area contributed by atoms with Gasteiger partial charge in [0.2, 0.25) is 5.88 Å². The predicted molar refractivity (Wildman–Crippen MR) is 89.2 cm³/mol. The first-order valence-electron chi connectivity index (χ1n) is 6.28. The van der Waals surface area contributed by atoms with E-state index in [1.165, 1.54) is 36.9 Å². The van der Waals surface area contributed by atoms with E-state index in [9.17, 15) is 19.5 Å². The molecule has 1 fully saturated rings. The predicted octanol–water partition coefficient (Wildman–Crippen LogP) is -0.0388. The Bertz CT molecular complexity index is 894. The van der Waals surface area contributed by atoms with Gasteiger partial charge in [0.1, 0.15) is 5.57 Å². The summed E-state index contributed by atoms with van der Waals surface area (Å²) in [6, 6.07) is 0. The van der Waals surface area contributed by atoms with Crippen LogP contribution in [0.15, 0.2) is 22.5 Å². The molecule has 10 heteroatoms. The van der Waals surface area contributed by atoms with Gasteiger partial charge in [-0.3, -0.25) is 34.2 Å². The van der Waals surface area contributed by atoms with Crippen molar-refractivity contribution < 1.29 is 14.7 Å². The molecule has 3 N–H and O–H groups in total. The van der Waals surface area contributed by atoms with E-state index in [0.29, 0.717) is 0 Å². The van der Waals surface area contributed by atoms with Crippen molar-refractivity contribution >= 4 is 47.4 Å². The minimum atomic E-state index is -0.632. The van der Waals surface area contributed by atoms with Gasteiger partial charge in [-0.25, -0.2) is 0 Å². The third-order valence-corrected chi connectivity index (χ3v) is 3.91. The summed E-state index contributed by atoms with van der Waals surface area (Å²) >= 11 is 9.68. The Balaban J connectivity index is 2.39. The average molecular weight is 352 g/mol. The van der Waals surface area contributed by atoms with E-state index in [1.807, 2.05) is 0 Å². The van der Waals surface area contributed by atoms with Gasteiger partial charge in [-0.1, -0.05) is 6.08 Å². The van der Waals surface area contributed by atoms with Crippen LogP contribution < -0.4 is 10.9 Å². The molecule has 0 bridgehead atoms. The summed E-state index contributed by atoms with van der Waals surface area (Å²) in [6.07, 6.45) is 3.81. The lowest BCUT2D eigenvalue weighted by molar-refractivity contribution is -0.128. The molecule has 2 rings (SSSR count). The number of amides is 2. The third kappa shape index (κ3) is 3.12.